The normalized spacial score (nSPS) is 18.4. The summed E-state index contributed by atoms with van der Waals surface area (Å²) in [5.41, 5.74) is 2.14. The van der Waals surface area contributed by atoms with Crippen molar-refractivity contribution in [2.75, 3.05) is 26.2 Å². The first-order chi connectivity index (χ1) is 9.09. The molecule has 0 aromatic heterocycles. The summed E-state index contributed by atoms with van der Waals surface area (Å²) >= 11 is 0. The summed E-state index contributed by atoms with van der Waals surface area (Å²) in [6.07, 6.45) is 0. The van der Waals surface area contributed by atoms with Gasteiger partial charge in [0, 0.05) is 25.7 Å². The molecule has 1 atom stereocenters. The lowest BCUT2D eigenvalue weighted by molar-refractivity contribution is -0.136. The van der Waals surface area contributed by atoms with Crippen LogP contribution in [0.3, 0.4) is 0 Å². The van der Waals surface area contributed by atoms with Crippen LogP contribution in [0.15, 0.2) is 18.2 Å². The largest absolute Gasteiger partial charge is 0.483 e. The standard InChI is InChI=1S/C15H22N2O2.ClH/c1-11-5-4-6-12(2)15(11)19-10-14(18)17-8-7-16-9-13(17)3;/h4-6,13,16H,7-10H2,1-3H3;1H. The molecule has 5 heteroatoms. The van der Waals surface area contributed by atoms with Crippen LogP contribution in [0.1, 0.15) is 18.1 Å². The maximum atomic E-state index is 12.2. The second-order valence-corrected chi connectivity index (χ2v) is 5.15. The number of nitrogens with one attached hydrogen (secondary N) is 1. The maximum Gasteiger partial charge on any atom is 0.260 e. The molecular weight excluding hydrogens is 276 g/mol. The van der Waals surface area contributed by atoms with Gasteiger partial charge in [0.2, 0.25) is 0 Å². The fraction of sp³-hybridized carbons (Fsp3) is 0.533. The van der Waals surface area contributed by atoms with Gasteiger partial charge in [-0.3, -0.25) is 4.79 Å². The third kappa shape index (κ3) is 3.87. The van der Waals surface area contributed by atoms with E-state index in [1.807, 2.05) is 36.9 Å². The van der Waals surface area contributed by atoms with Gasteiger partial charge in [0.1, 0.15) is 5.75 Å². The molecule has 1 aromatic carbocycles. The summed E-state index contributed by atoms with van der Waals surface area (Å²) in [7, 11) is 0. The van der Waals surface area contributed by atoms with Crippen LogP contribution in [0.5, 0.6) is 5.75 Å². The minimum Gasteiger partial charge on any atom is -0.483 e. The number of piperazine rings is 1. The lowest BCUT2D eigenvalue weighted by Crippen LogP contribution is -2.53. The molecule has 1 fully saturated rings. The monoisotopic (exact) mass is 298 g/mol. The topological polar surface area (TPSA) is 41.6 Å². The van der Waals surface area contributed by atoms with Crippen molar-refractivity contribution in [1.29, 1.82) is 0 Å². The van der Waals surface area contributed by atoms with E-state index in [1.54, 1.807) is 0 Å². The van der Waals surface area contributed by atoms with Gasteiger partial charge in [0.05, 0.1) is 0 Å². The first-order valence-electron chi connectivity index (χ1n) is 6.79. The van der Waals surface area contributed by atoms with Gasteiger partial charge in [-0.1, -0.05) is 18.2 Å². The van der Waals surface area contributed by atoms with Crippen LogP contribution in [0.25, 0.3) is 0 Å². The highest BCUT2D eigenvalue weighted by Gasteiger charge is 2.23. The lowest BCUT2D eigenvalue weighted by atomic mass is 10.1. The van der Waals surface area contributed by atoms with Gasteiger partial charge in [-0.2, -0.15) is 0 Å². The van der Waals surface area contributed by atoms with Crippen molar-refractivity contribution in [2.45, 2.75) is 26.8 Å². The predicted octanol–water partition coefficient (Wildman–Crippen LogP) is 1.92. The molecule has 0 spiro atoms. The van der Waals surface area contributed by atoms with Gasteiger partial charge in [0.25, 0.3) is 5.91 Å². The molecule has 0 radical (unpaired) electrons. The molecule has 1 aliphatic rings. The van der Waals surface area contributed by atoms with Gasteiger partial charge in [-0.15, -0.1) is 12.4 Å². The Kier molecular flexibility index (Phi) is 6.30. The van der Waals surface area contributed by atoms with Crippen LogP contribution in [-0.4, -0.2) is 43.1 Å². The number of hydrogen-bond acceptors (Lipinski definition) is 3. The van der Waals surface area contributed by atoms with E-state index in [0.717, 1.165) is 36.5 Å². The molecule has 1 saturated heterocycles. The first kappa shape index (κ1) is 16.8. The van der Waals surface area contributed by atoms with Crippen LogP contribution < -0.4 is 10.1 Å². The third-order valence-electron chi connectivity index (χ3n) is 3.57. The Morgan fingerprint density at radius 3 is 2.65 bits per heavy atom. The fourth-order valence-electron chi connectivity index (χ4n) is 2.46. The van der Waals surface area contributed by atoms with Crippen molar-refractivity contribution < 1.29 is 9.53 Å². The average Bonchev–Trinajstić information content (AvgIpc) is 2.38. The number of aryl methyl sites for hydroxylation is 2. The predicted molar refractivity (Wildman–Crippen MR) is 82.7 cm³/mol. The molecule has 0 aliphatic carbocycles. The number of para-hydroxylation sites is 1. The third-order valence-corrected chi connectivity index (χ3v) is 3.57. The Morgan fingerprint density at radius 1 is 1.40 bits per heavy atom. The number of amides is 1. The number of benzene rings is 1. The number of carbonyl (C=O) groups excluding carboxylic acids is 1. The van der Waals surface area contributed by atoms with Crippen LogP contribution in [0.2, 0.25) is 0 Å². The lowest BCUT2D eigenvalue weighted by Gasteiger charge is -2.33. The molecule has 2 rings (SSSR count). The molecule has 1 N–H and O–H groups in total. The Bertz CT molecular complexity index is 445. The smallest absolute Gasteiger partial charge is 0.260 e. The summed E-state index contributed by atoms with van der Waals surface area (Å²) in [5.74, 6) is 0.898. The highest BCUT2D eigenvalue weighted by Crippen LogP contribution is 2.22. The SMILES string of the molecule is Cc1cccc(C)c1OCC(=O)N1CCNCC1C.Cl. The number of carbonyl (C=O) groups is 1. The van der Waals surface area contributed by atoms with E-state index in [1.165, 1.54) is 0 Å². The molecule has 1 amide bonds. The Morgan fingerprint density at radius 2 is 2.05 bits per heavy atom. The van der Waals surface area contributed by atoms with E-state index in [2.05, 4.69) is 12.2 Å². The van der Waals surface area contributed by atoms with E-state index >= 15 is 0 Å². The summed E-state index contributed by atoms with van der Waals surface area (Å²) in [6.45, 7) is 8.66. The first-order valence-corrected chi connectivity index (χ1v) is 6.79. The molecule has 1 unspecified atom stereocenters. The molecule has 0 saturated carbocycles. The zero-order valence-corrected chi connectivity index (χ0v) is 13.1. The van der Waals surface area contributed by atoms with Crippen LogP contribution in [0.4, 0.5) is 0 Å². The molecule has 0 bridgehead atoms. The highest BCUT2D eigenvalue weighted by molar-refractivity contribution is 5.85. The molecule has 1 aliphatic heterocycles. The van der Waals surface area contributed by atoms with E-state index < -0.39 is 0 Å². The van der Waals surface area contributed by atoms with E-state index in [-0.39, 0.29) is 31.0 Å². The second-order valence-electron chi connectivity index (χ2n) is 5.15. The number of hydrogen-bond donors (Lipinski definition) is 1. The van der Waals surface area contributed by atoms with E-state index in [9.17, 15) is 4.79 Å². The van der Waals surface area contributed by atoms with Crippen molar-refractivity contribution >= 4 is 18.3 Å². The molecule has 112 valence electrons. The molecule has 4 nitrogen and oxygen atoms in total. The molecular formula is C15H23ClN2O2. The van der Waals surface area contributed by atoms with Gasteiger partial charge in [-0.05, 0) is 31.9 Å². The second kappa shape index (κ2) is 7.50. The summed E-state index contributed by atoms with van der Waals surface area (Å²) < 4.78 is 5.72. The van der Waals surface area contributed by atoms with Crippen LogP contribution in [-0.2, 0) is 4.79 Å². The van der Waals surface area contributed by atoms with Gasteiger partial charge >= 0.3 is 0 Å². The van der Waals surface area contributed by atoms with Gasteiger partial charge < -0.3 is 15.0 Å². The summed E-state index contributed by atoms with van der Waals surface area (Å²) in [5, 5.41) is 3.28. The van der Waals surface area contributed by atoms with Gasteiger partial charge in [0.15, 0.2) is 6.61 Å². The summed E-state index contributed by atoms with van der Waals surface area (Å²) in [6, 6.07) is 6.24. The molecule has 1 aromatic rings. The van der Waals surface area contributed by atoms with Crippen LogP contribution >= 0.6 is 12.4 Å². The Labute approximate surface area is 126 Å². The fourth-order valence-corrected chi connectivity index (χ4v) is 2.46. The minimum atomic E-state index is 0. The van der Waals surface area contributed by atoms with Crippen molar-refractivity contribution in [3.05, 3.63) is 29.3 Å². The average molecular weight is 299 g/mol. The number of nitrogens with zero attached hydrogens (tertiary/aromatic N) is 1. The van der Waals surface area contributed by atoms with Crippen molar-refractivity contribution in [3.8, 4) is 5.75 Å². The van der Waals surface area contributed by atoms with Crippen LogP contribution in [0, 0.1) is 13.8 Å². The number of rotatable bonds is 3. The highest BCUT2D eigenvalue weighted by atomic mass is 35.5. The quantitative estimate of drug-likeness (QED) is 0.927. The Hall–Kier alpha value is -1.26. The van der Waals surface area contributed by atoms with Crippen molar-refractivity contribution in [1.82, 2.24) is 10.2 Å². The van der Waals surface area contributed by atoms with Crippen molar-refractivity contribution in [3.63, 3.8) is 0 Å². The van der Waals surface area contributed by atoms with Crippen molar-refractivity contribution in [2.24, 2.45) is 0 Å². The van der Waals surface area contributed by atoms with E-state index in [4.69, 9.17) is 4.74 Å². The number of halogens is 1. The zero-order valence-electron chi connectivity index (χ0n) is 12.3. The van der Waals surface area contributed by atoms with E-state index in [0.29, 0.717) is 0 Å². The minimum absolute atomic E-state index is 0. The van der Waals surface area contributed by atoms with Gasteiger partial charge in [-0.25, -0.2) is 0 Å². The molecule has 20 heavy (non-hydrogen) atoms. The summed E-state index contributed by atoms with van der Waals surface area (Å²) in [4.78, 5) is 14.1. The Balaban J connectivity index is 0.00000200. The maximum absolute atomic E-state index is 12.2. The molecule has 1 heterocycles. The number of ether oxygens (including phenoxy) is 1. The zero-order chi connectivity index (χ0) is 13.8.